The van der Waals surface area contributed by atoms with E-state index in [1.807, 2.05) is 62.7 Å². The fraction of sp³-hybridized carbons (Fsp3) is 0.316. The van der Waals surface area contributed by atoms with Crippen LogP contribution in [-0.2, 0) is 13.1 Å². The fourth-order valence-electron chi connectivity index (χ4n) is 2.71. The minimum atomic E-state index is -0.242. The minimum absolute atomic E-state index is 0.242. The van der Waals surface area contributed by atoms with Crippen LogP contribution in [0.3, 0.4) is 0 Å². The first kappa shape index (κ1) is 17.0. The molecule has 1 N–H and O–H groups in total. The molecule has 0 aliphatic carbocycles. The molecule has 0 fully saturated rings. The Hall–Kier alpha value is -2.89. The number of hydrogen-bond donors (Lipinski definition) is 1. The average molecular weight is 338 g/mol. The zero-order valence-electron chi connectivity index (χ0n) is 15.0. The number of aryl methyl sites for hydroxylation is 4. The number of carbonyl (C=O) groups excluding carboxylic acids is 1. The molecule has 2 aromatic heterocycles. The second kappa shape index (κ2) is 6.93. The van der Waals surface area contributed by atoms with Crippen molar-refractivity contribution >= 4 is 5.91 Å². The first-order valence-electron chi connectivity index (χ1n) is 8.24. The Morgan fingerprint density at radius 1 is 1.16 bits per heavy atom. The standard InChI is InChI=1S/C19H22N4O2/c1-12-5-7-16(8-6-12)10-20-19(24)18-17(15(4)25-22-18)11-23-14(3)9-13(2)21-23/h5-9H,10-11H2,1-4H3,(H,20,24). The lowest BCUT2D eigenvalue weighted by Gasteiger charge is -2.07. The van der Waals surface area contributed by atoms with Crippen LogP contribution in [0.5, 0.6) is 0 Å². The van der Waals surface area contributed by atoms with Crippen molar-refractivity contribution in [2.75, 3.05) is 0 Å². The second-order valence-corrected chi connectivity index (χ2v) is 6.32. The summed E-state index contributed by atoms with van der Waals surface area (Å²) in [6.45, 7) is 8.68. The number of hydrogen-bond acceptors (Lipinski definition) is 4. The van der Waals surface area contributed by atoms with Crippen molar-refractivity contribution in [2.24, 2.45) is 0 Å². The second-order valence-electron chi connectivity index (χ2n) is 6.32. The summed E-state index contributed by atoms with van der Waals surface area (Å²) in [5, 5.41) is 11.3. The fourth-order valence-corrected chi connectivity index (χ4v) is 2.71. The van der Waals surface area contributed by atoms with Crippen LogP contribution in [0.25, 0.3) is 0 Å². The van der Waals surface area contributed by atoms with Crippen LogP contribution in [-0.4, -0.2) is 20.8 Å². The van der Waals surface area contributed by atoms with Gasteiger partial charge in [0.15, 0.2) is 5.69 Å². The molecule has 0 aliphatic rings. The van der Waals surface area contributed by atoms with E-state index in [1.165, 1.54) is 5.56 Å². The molecule has 3 rings (SSSR count). The largest absolute Gasteiger partial charge is 0.361 e. The van der Waals surface area contributed by atoms with Crippen molar-refractivity contribution in [3.8, 4) is 0 Å². The van der Waals surface area contributed by atoms with Gasteiger partial charge in [0.25, 0.3) is 5.91 Å². The van der Waals surface area contributed by atoms with Gasteiger partial charge in [0.05, 0.1) is 12.2 Å². The van der Waals surface area contributed by atoms with E-state index in [4.69, 9.17) is 4.52 Å². The Balaban J connectivity index is 1.74. The molecule has 0 saturated heterocycles. The topological polar surface area (TPSA) is 73.0 Å². The molecule has 25 heavy (non-hydrogen) atoms. The number of aromatic nitrogens is 3. The predicted octanol–water partition coefficient (Wildman–Crippen LogP) is 3.08. The summed E-state index contributed by atoms with van der Waals surface area (Å²) < 4.78 is 7.10. The van der Waals surface area contributed by atoms with Gasteiger partial charge in [-0.2, -0.15) is 5.10 Å². The molecule has 0 saturated carbocycles. The molecule has 2 heterocycles. The quantitative estimate of drug-likeness (QED) is 0.776. The van der Waals surface area contributed by atoms with Gasteiger partial charge in [-0.25, -0.2) is 0 Å². The lowest BCUT2D eigenvalue weighted by molar-refractivity contribution is 0.0941. The summed E-state index contributed by atoms with van der Waals surface area (Å²) >= 11 is 0. The summed E-state index contributed by atoms with van der Waals surface area (Å²) in [5.41, 5.74) is 5.28. The van der Waals surface area contributed by atoms with Gasteiger partial charge in [-0.1, -0.05) is 35.0 Å². The highest BCUT2D eigenvalue weighted by atomic mass is 16.5. The third-order valence-electron chi connectivity index (χ3n) is 4.18. The summed E-state index contributed by atoms with van der Waals surface area (Å²) in [4.78, 5) is 12.5. The normalized spacial score (nSPS) is 10.9. The zero-order valence-corrected chi connectivity index (χ0v) is 15.0. The molecule has 0 spiro atoms. The highest BCUT2D eigenvalue weighted by Crippen LogP contribution is 2.16. The van der Waals surface area contributed by atoms with Crippen LogP contribution >= 0.6 is 0 Å². The number of benzene rings is 1. The van der Waals surface area contributed by atoms with Crippen molar-refractivity contribution in [1.29, 1.82) is 0 Å². The number of carbonyl (C=O) groups is 1. The van der Waals surface area contributed by atoms with Gasteiger partial charge >= 0.3 is 0 Å². The number of nitrogens with zero attached hydrogens (tertiary/aromatic N) is 3. The lowest BCUT2D eigenvalue weighted by atomic mass is 10.1. The van der Waals surface area contributed by atoms with Crippen LogP contribution in [0.2, 0.25) is 0 Å². The van der Waals surface area contributed by atoms with E-state index < -0.39 is 0 Å². The molecule has 6 nitrogen and oxygen atoms in total. The molecule has 0 radical (unpaired) electrons. The van der Waals surface area contributed by atoms with Crippen molar-refractivity contribution in [3.05, 3.63) is 69.9 Å². The Morgan fingerprint density at radius 3 is 2.52 bits per heavy atom. The van der Waals surface area contributed by atoms with E-state index in [0.717, 1.165) is 22.5 Å². The molecular weight excluding hydrogens is 316 g/mol. The summed E-state index contributed by atoms with van der Waals surface area (Å²) in [6.07, 6.45) is 0. The Kier molecular flexibility index (Phi) is 4.70. The molecule has 0 unspecified atom stereocenters. The molecule has 1 amide bonds. The van der Waals surface area contributed by atoms with Gasteiger partial charge in [0, 0.05) is 17.8 Å². The molecule has 6 heteroatoms. The van der Waals surface area contributed by atoms with Gasteiger partial charge in [0.1, 0.15) is 5.76 Å². The SMILES string of the molecule is Cc1ccc(CNC(=O)c2noc(C)c2Cn2nc(C)cc2C)cc1. The van der Waals surface area contributed by atoms with E-state index in [-0.39, 0.29) is 5.91 Å². The van der Waals surface area contributed by atoms with Gasteiger partial charge < -0.3 is 9.84 Å². The molecule has 1 aromatic carbocycles. The lowest BCUT2D eigenvalue weighted by Crippen LogP contribution is -2.24. The molecule has 0 atom stereocenters. The van der Waals surface area contributed by atoms with Gasteiger partial charge in [-0.05, 0) is 39.3 Å². The maximum absolute atomic E-state index is 12.5. The van der Waals surface area contributed by atoms with E-state index in [2.05, 4.69) is 15.6 Å². The molecule has 0 bridgehead atoms. The summed E-state index contributed by atoms with van der Waals surface area (Å²) in [6, 6.07) is 10.0. The zero-order chi connectivity index (χ0) is 18.0. The van der Waals surface area contributed by atoms with E-state index in [9.17, 15) is 4.79 Å². The maximum Gasteiger partial charge on any atom is 0.274 e. The minimum Gasteiger partial charge on any atom is -0.361 e. The Morgan fingerprint density at radius 2 is 1.88 bits per heavy atom. The first-order chi connectivity index (χ1) is 11.9. The van der Waals surface area contributed by atoms with Crippen LogP contribution in [0.15, 0.2) is 34.9 Å². The molecular formula is C19H22N4O2. The summed E-state index contributed by atoms with van der Waals surface area (Å²) in [7, 11) is 0. The van der Waals surface area contributed by atoms with Gasteiger partial charge in [0.2, 0.25) is 0 Å². The molecule has 130 valence electrons. The first-order valence-corrected chi connectivity index (χ1v) is 8.24. The van der Waals surface area contributed by atoms with Crippen LogP contribution in [0, 0.1) is 27.7 Å². The smallest absolute Gasteiger partial charge is 0.274 e. The van der Waals surface area contributed by atoms with Crippen LogP contribution < -0.4 is 5.32 Å². The third-order valence-corrected chi connectivity index (χ3v) is 4.18. The average Bonchev–Trinajstić information content (AvgIpc) is 3.09. The Bertz CT molecular complexity index is 891. The van der Waals surface area contributed by atoms with Gasteiger partial charge in [-0.15, -0.1) is 0 Å². The third kappa shape index (κ3) is 3.79. The van der Waals surface area contributed by atoms with Gasteiger partial charge in [-0.3, -0.25) is 9.48 Å². The summed E-state index contributed by atoms with van der Waals surface area (Å²) in [5.74, 6) is 0.391. The number of rotatable bonds is 5. The highest BCUT2D eigenvalue weighted by molar-refractivity contribution is 5.93. The maximum atomic E-state index is 12.5. The highest BCUT2D eigenvalue weighted by Gasteiger charge is 2.20. The van der Waals surface area contributed by atoms with E-state index in [0.29, 0.717) is 24.5 Å². The molecule has 0 aliphatic heterocycles. The number of amides is 1. The van der Waals surface area contributed by atoms with Crippen molar-refractivity contribution in [3.63, 3.8) is 0 Å². The van der Waals surface area contributed by atoms with Crippen molar-refractivity contribution in [2.45, 2.75) is 40.8 Å². The van der Waals surface area contributed by atoms with Crippen molar-refractivity contribution < 1.29 is 9.32 Å². The Labute approximate surface area is 146 Å². The van der Waals surface area contributed by atoms with E-state index >= 15 is 0 Å². The van der Waals surface area contributed by atoms with Crippen LogP contribution in [0.4, 0.5) is 0 Å². The number of nitrogens with one attached hydrogen (secondary N) is 1. The van der Waals surface area contributed by atoms with Crippen molar-refractivity contribution in [1.82, 2.24) is 20.3 Å². The van der Waals surface area contributed by atoms with E-state index in [1.54, 1.807) is 0 Å². The predicted molar refractivity (Wildman–Crippen MR) is 94.4 cm³/mol. The monoisotopic (exact) mass is 338 g/mol. The molecule has 3 aromatic rings. The van der Waals surface area contributed by atoms with Crippen LogP contribution in [0.1, 0.15) is 44.3 Å².